The van der Waals surface area contributed by atoms with Gasteiger partial charge in [0.05, 0.1) is 0 Å². The highest BCUT2D eigenvalue weighted by Crippen LogP contribution is 2.30. The molecule has 0 N–H and O–H groups in total. The Balaban J connectivity index is 2.34. The van der Waals surface area contributed by atoms with E-state index < -0.39 is 0 Å². The van der Waals surface area contributed by atoms with Crippen LogP contribution >= 0.6 is 11.6 Å². The number of hydrogen-bond acceptors (Lipinski definition) is 0. The molecule has 0 fully saturated rings. The molecule has 0 radical (unpaired) electrons. The molecule has 2 aromatic carbocycles. The average Bonchev–Trinajstić information content (AvgIpc) is 2.66. The van der Waals surface area contributed by atoms with Crippen molar-refractivity contribution in [2.24, 2.45) is 0 Å². The Morgan fingerprint density at radius 2 is 1.76 bits per heavy atom. The minimum absolute atomic E-state index is 0.824. The molecule has 0 nitrogen and oxygen atoms in total. The third kappa shape index (κ3) is 6.34. The summed E-state index contributed by atoms with van der Waals surface area (Å²) >= 11 is 6.51. The third-order valence-corrected chi connectivity index (χ3v) is 5.50. The number of benzene rings is 2. The molecule has 0 aliphatic heterocycles. The maximum atomic E-state index is 6.51. The van der Waals surface area contributed by atoms with Gasteiger partial charge in [-0.1, -0.05) is 84.8 Å². The van der Waals surface area contributed by atoms with Crippen LogP contribution in [0.3, 0.4) is 0 Å². The van der Waals surface area contributed by atoms with Crippen molar-refractivity contribution in [2.45, 2.75) is 54.4 Å². The van der Waals surface area contributed by atoms with E-state index >= 15 is 0 Å². The normalized spacial score (nSPS) is 11.8. The molecule has 152 valence electrons. The quantitative estimate of drug-likeness (QED) is 0.319. The van der Waals surface area contributed by atoms with Crippen LogP contribution in [0.15, 0.2) is 71.8 Å². The minimum atomic E-state index is 0.824. The Hall–Kier alpha value is -2.31. The fraction of sp³-hybridized carbons (Fsp3) is 0.286. The number of aryl methyl sites for hydroxylation is 2. The Morgan fingerprint density at radius 1 is 1.03 bits per heavy atom. The number of allylic oxidation sites excluding steroid dienone is 6. The minimum Gasteiger partial charge on any atom is -0.0961 e. The van der Waals surface area contributed by atoms with Gasteiger partial charge >= 0.3 is 0 Å². The van der Waals surface area contributed by atoms with Crippen molar-refractivity contribution < 1.29 is 0 Å². The van der Waals surface area contributed by atoms with Crippen molar-refractivity contribution in [3.63, 3.8) is 0 Å². The molecular weight excluding hydrogens is 372 g/mol. The molecule has 2 aromatic rings. The lowest BCUT2D eigenvalue weighted by Crippen LogP contribution is -1.94. The summed E-state index contributed by atoms with van der Waals surface area (Å²) in [6.45, 7) is 16.8. The van der Waals surface area contributed by atoms with E-state index in [9.17, 15) is 0 Å². The van der Waals surface area contributed by atoms with Crippen LogP contribution in [0, 0.1) is 6.92 Å². The van der Waals surface area contributed by atoms with E-state index in [1.807, 2.05) is 19.1 Å². The highest BCUT2D eigenvalue weighted by molar-refractivity contribution is 6.32. The van der Waals surface area contributed by atoms with E-state index in [4.69, 9.17) is 11.6 Å². The first-order valence-corrected chi connectivity index (χ1v) is 10.7. The van der Waals surface area contributed by atoms with E-state index in [0.29, 0.717) is 0 Å². The molecule has 29 heavy (non-hydrogen) atoms. The molecule has 0 aliphatic carbocycles. The summed E-state index contributed by atoms with van der Waals surface area (Å²) in [6.07, 6.45) is 8.43. The van der Waals surface area contributed by atoms with Crippen LogP contribution < -0.4 is 0 Å². The number of halogens is 1. The SMILES string of the molecule is C=C(C)/C=C\C(Cc1ccc(/C=C(\C)c2c(Cl)cccc2CC)c(C)c1)=C(C)C. The van der Waals surface area contributed by atoms with Gasteiger partial charge < -0.3 is 0 Å². The molecule has 0 saturated carbocycles. The van der Waals surface area contributed by atoms with Crippen LogP contribution in [0.4, 0.5) is 0 Å². The zero-order chi connectivity index (χ0) is 21.6. The molecule has 0 unspecified atom stereocenters. The predicted molar refractivity (Wildman–Crippen MR) is 132 cm³/mol. The molecule has 0 aliphatic rings. The lowest BCUT2D eigenvalue weighted by atomic mass is 9.94. The average molecular weight is 405 g/mol. The van der Waals surface area contributed by atoms with Crippen molar-refractivity contribution in [3.8, 4) is 0 Å². The highest BCUT2D eigenvalue weighted by atomic mass is 35.5. The second-order valence-corrected chi connectivity index (χ2v) is 8.43. The fourth-order valence-corrected chi connectivity index (χ4v) is 3.83. The van der Waals surface area contributed by atoms with Crippen molar-refractivity contribution in [2.75, 3.05) is 0 Å². The molecule has 2 rings (SSSR count). The molecule has 1 heteroatoms. The van der Waals surface area contributed by atoms with Gasteiger partial charge in [0.1, 0.15) is 0 Å². The van der Waals surface area contributed by atoms with E-state index in [-0.39, 0.29) is 0 Å². The number of hydrogen-bond donors (Lipinski definition) is 0. The Bertz CT molecular complexity index is 979. The summed E-state index contributed by atoms with van der Waals surface area (Å²) in [5.41, 5.74) is 11.3. The second-order valence-electron chi connectivity index (χ2n) is 8.03. The fourth-order valence-electron chi connectivity index (χ4n) is 3.49. The highest BCUT2D eigenvalue weighted by Gasteiger charge is 2.09. The molecule has 0 amide bonds. The van der Waals surface area contributed by atoms with E-state index in [1.165, 1.54) is 39.0 Å². The summed E-state index contributed by atoms with van der Waals surface area (Å²) < 4.78 is 0. The summed E-state index contributed by atoms with van der Waals surface area (Å²) in [4.78, 5) is 0. The van der Waals surface area contributed by atoms with Gasteiger partial charge in [-0.15, -0.1) is 0 Å². The first-order chi connectivity index (χ1) is 13.7. The summed E-state index contributed by atoms with van der Waals surface area (Å²) in [7, 11) is 0. The van der Waals surface area contributed by atoms with Gasteiger partial charge in [-0.25, -0.2) is 0 Å². The zero-order valence-corrected chi connectivity index (χ0v) is 19.5. The predicted octanol–water partition coefficient (Wildman–Crippen LogP) is 8.78. The molecule has 0 aromatic heterocycles. The summed E-state index contributed by atoms with van der Waals surface area (Å²) in [6, 6.07) is 12.9. The molecule has 0 atom stereocenters. The zero-order valence-electron chi connectivity index (χ0n) is 18.7. The van der Waals surface area contributed by atoms with Crippen LogP contribution in [-0.2, 0) is 12.8 Å². The van der Waals surface area contributed by atoms with Crippen molar-refractivity contribution in [3.05, 3.63) is 105 Å². The van der Waals surface area contributed by atoms with Gasteiger partial charge in [0.15, 0.2) is 0 Å². The van der Waals surface area contributed by atoms with E-state index in [2.05, 4.69) is 83.7 Å². The van der Waals surface area contributed by atoms with Gasteiger partial charge in [-0.2, -0.15) is 0 Å². The Labute approximate surface area is 182 Å². The maximum Gasteiger partial charge on any atom is 0.0483 e. The van der Waals surface area contributed by atoms with Gasteiger partial charge in [0.25, 0.3) is 0 Å². The number of rotatable bonds is 7. The van der Waals surface area contributed by atoms with Gasteiger partial charge in [0, 0.05) is 5.02 Å². The van der Waals surface area contributed by atoms with Gasteiger partial charge in [0.2, 0.25) is 0 Å². The molecule has 0 saturated heterocycles. The van der Waals surface area contributed by atoms with Crippen LogP contribution in [0.2, 0.25) is 5.02 Å². The Kier molecular flexibility index (Phi) is 8.29. The van der Waals surface area contributed by atoms with Crippen LogP contribution in [0.25, 0.3) is 11.6 Å². The molecule has 0 bridgehead atoms. The molecule has 0 spiro atoms. The Morgan fingerprint density at radius 3 is 2.34 bits per heavy atom. The third-order valence-electron chi connectivity index (χ3n) is 5.19. The van der Waals surface area contributed by atoms with Gasteiger partial charge in [-0.05, 0) is 92.5 Å². The van der Waals surface area contributed by atoms with Crippen molar-refractivity contribution in [1.29, 1.82) is 0 Å². The van der Waals surface area contributed by atoms with Crippen LogP contribution in [0.5, 0.6) is 0 Å². The lowest BCUT2D eigenvalue weighted by molar-refractivity contribution is 1.13. The van der Waals surface area contributed by atoms with E-state index in [0.717, 1.165) is 29.0 Å². The first-order valence-electron chi connectivity index (χ1n) is 10.3. The summed E-state index contributed by atoms with van der Waals surface area (Å²) in [5.74, 6) is 0. The van der Waals surface area contributed by atoms with Crippen LogP contribution in [0.1, 0.15) is 62.4 Å². The smallest absolute Gasteiger partial charge is 0.0483 e. The van der Waals surface area contributed by atoms with Crippen molar-refractivity contribution in [1.82, 2.24) is 0 Å². The monoisotopic (exact) mass is 404 g/mol. The summed E-state index contributed by atoms with van der Waals surface area (Å²) in [5, 5.41) is 0.824. The molecule has 0 heterocycles. The van der Waals surface area contributed by atoms with Gasteiger partial charge in [-0.3, -0.25) is 0 Å². The standard InChI is InChI=1S/C28H33Cl/c1-8-24-10-9-11-27(29)28(24)22(7)17-26-15-13-23(16-21(26)6)18-25(20(4)5)14-12-19(2)3/h9-17H,2,8,18H2,1,3-7H3/b14-12-,22-17+. The first kappa shape index (κ1) is 23.0. The maximum absolute atomic E-state index is 6.51. The lowest BCUT2D eigenvalue weighted by Gasteiger charge is -2.13. The second kappa shape index (κ2) is 10.5. The van der Waals surface area contributed by atoms with Crippen LogP contribution in [-0.4, -0.2) is 0 Å². The van der Waals surface area contributed by atoms with E-state index in [1.54, 1.807) is 0 Å². The molecular formula is C28H33Cl. The largest absolute Gasteiger partial charge is 0.0961 e. The topological polar surface area (TPSA) is 0 Å². The van der Waals surface area contributed by atoms with Crippen molar-refractivity contribution >= 4 is 23.3 Å².